The molecular weight excluding hydrogens is 156 g/mol. The zero-order chi connectivity index (χ0) is 8.81. The molecule has 1 aliphatic rings. The molecule has 0 amide bonds. The predicted octanol–water partition coefficient (Wildman–Crippen LogP) is -0.499. The molecule has 1 atom stereocenters. The fourth-order valence-electron chi connectivity index (χ4n) is 1.26. The minimum atomic E-state index is -0.196. The fraction of sp³-hybridized carbons (Fsp3) is 0.875. The van der Waals surface area contributed by atoms with Gasteiger partial charge in [-0.25, -0.2) is 0 Å². The average molecular weight is 172 g/mol. The van der Waals surface area contributed by atoms with Crippen LogP contribution in [0, 0.1) is 0 Å². The van der Waals surface area contributed by atoms with E-state index in [-0.39, 0.29) is 5.97 Å². The van der Waals surface area contributed by atoms with Gasteiger partial charge in [-0.15, -0.1) is 0 Å². The summed E-state index contributed by atoms with van der Waals surface area (Å²) >= 11 is 0. The molecule has 0 spiro atoms. The van der Waals surface area contributed by atoms with Gasteiger partial charge in [-0.1, -0.05) is 0 Å². The standard InChI is InChI=1S/C8H16N2O2/c1-7(11)12-5-2-8-6-9-3-4-10-8/h8-10H,2-6H2,1H3. The van der Waals surface area contributed by atoms with Crippen LogP contribution in [0.25, 0.3) is 0 Å². The highest BCUT2D eigenvalue weighted by Gasteiger charge is 2.11. The van der Waals surface area contributed by atoms with E-state index in [1.54, 1.807) is 0 Å². The molecule has 70 valence electrons. The number of piperazine rings is 1. The largest absolute Gasteiger partial charge is 0.466 e. The molecule has 4 nitrogen and oxygen atoms in total. The van der Waals surface area contributed by atoms with Gasteiger partial charge in [-0.3, -0.25) is 4.79 Å². The van der Waals surface area contributed by atoms with Crippen LogP contribution in [0.5, 0.6) is 0 Å². The minimum absolute atomic E-state index is 0.196. The zero-order valence-electron chi connectivity index (χ0n) is 7.43. The molecular formula is C8H16N2O2. The molecule has 1 fully saturated rings. The molecule has 1 unspecified atom stereocenters. The van der Waals surface area contributed by atoms with Crippen molar-refractivity contribution < 1.29 is 9.53 Å². The summed E-state index contributed by atoms with van der Waals surface area (Å²) in [6.07, 6.45) is 0.895. The van der Waals surface area contributed by atoms with E-state index < -0.39 is 0 Å². The van der Waals surface area contributed by atoms with Crippen LogP contribution in [0.3, 0.4) is 0 Å². The number of hydrogen-bond acceptors (Lipinski definition) is 4. The number of carbonyl (C=O) groups excluding carboxylic acids is 1. The van der Waals surface area contributed by atoms with Crippen molar-refractivity contribution in [3.63, 3.8) is 0 Å². The first-order valence-corrected chi connectivity index (χ1v) is 4.36. The van der Waals surface area contributed by atoms with E-state index in [1.807, 2.05) is 0 Å². The van der Waals surface area contributed by atoms with Crippen LogP contribution in [0.4, 0.5) is 0 Å². The lowest BCUT2D eigenvalue weighted by atomic mass is 10.2. The van der Waals surface area contributed by atoms with Crippen molar-refractivity contribution in [1.29, 1.82) is 0 Å². The summed E-state index contributed by atoms with van der Waals surface area (Å²) in [5, 5.41) is 6.61. The lowest BCUT2D eigenvalue weighted by Gasteiger charge is -2.23. The molecule has 1 rings (SSSR count). The van der Waals surface area contributed by atoms with E-state index in [9.17, 15) is 4.79 Å². The Balaban J connectivity index is 2.01. The van der Waals surface area contributed by atoms with Crippen molar-refractivity contribution in [1.82, 2.24) is 10.6 Å². The highest BCUT2D eigenvalue weighted by atomic mass is 16.5. The number of ether oxygens (including phenoxy) is 1. The monoisotopic (exact) mass is 172 g/mol. The van der Waals surface area contributed by atoms with Gasteiger partial charge < -0.3 is 15.4 Å². The van der Waals surface area contributed by atoms with Crippen LogP contribution in [-0.4, -0.2) is 38.3 Å². The highest BCUT2D eigenvalue weighted by molar-refractivity contribution is 5.65. The molecule has 0 radical (unpaired) electrons. The molecule has 0 aliphatic carbocycles. The topological polar surface area (TPSA) is 50.4 Å². The maximum atomic E-state index is 10.4. The molecule has 1 heterocycles. The van der Waals surface area contributed by atoms with Crippen LogP contribution < -0.4 is 10.6 Å². The second-order valence-corrected chi connectivity index (χ2v) is 2.98. The number of carbonyl (C=O) groups is 1. The predicted molar refractivity (Wildman–Crippen MR) is 45.9 cm³/mol. The number of hydrogen-bond donors (Lipinski definition) is 2. The number of rotatable bonds is 3. The third-order valence-corrected chi connectivity index (χ3v) is 1.90. The third-order valence-electron chi connectivity index (χ3n) is 1.90. The Morgan fingerprint density at radius 3 is 3.00 bits per heavy atom. The molecule has 0 aromatic heterocycles. The van der Waals surface area contributed by atoms with Gasteiger partial charge in [-0.2, -0.15) is 0 Å². The smallest absolute Gasteiger partial charge is 0.302 e. The van der Waals surface area contributed by atoms with E-state index in [0.29, 0.717) is 12.6 Å². The van der Waals surface area contributed by atoms with Gasteiger partial charge in [0.1, 0.15) is 0 Å². The Hall–Kier alpha value is -0.610. The Kier molecular flexibility index (Phi) is 4.04. The SMILES string of the molecule is CC(=O)OCCC1CNCCN1. The molecule has 1 saturated heterocycles. The van der Waals surface area contributed by atoms with Crippen molar-refractivity contribution in [2.24, 2.45) is 0 Å². The van der Waals surface area contributed by atoms with Crippen LogP contribution in [-0.2, 0) is 9.53 Å². The first kappa shape index (κ1) is 9.48. The van der Waals surface area contributed by atoms with E-state index in [4.69, 9.17) is 4.74 Å². The molecule has 0 saturated carbocycles. The maximum absolute atomic E-state index is 10.4. The second kappa shape index (κ2) is 5.11. The van der Waals surface area contributed by atoms with Crippen LogP contribution in [0.2, 0.25) is 0 Å². The average Bonchev–Trinajstić information content (AvgIpc) is 2.05. The highest BCUT2D eigenvalue weighted by Crippen LogP contribution is 1.94. The molecule has 2 N–H and O–H groups in total. The Morgan fingerprint density at radius 2 is 2.42 bits per heavy atom. The van der Waals surface area contributed by atoms with Gasteiger partial charge in [0.05, 0.1) is 6.61 Å². The van der Waals surface area contributed by atoms with Crippen molar-refractivity contribution in [2.45, 2.75) is 19.4 Å². The van der Waals surface area contributed by atoms with Crippen molar-refractivity contribution >= 4 is 5.97 Å². The molecule has 0 aromatic rings. The summed E-state index contributed by atoms with van der Waals surface area (Å²) < 4.78 is 4.84. The van der Waals surface area contributed by atoms with E-state index in [1.165, 1.54) is 6.92 Å². The van der Waals surface area contributed by atoms with Crippen molar-refractivity contribution in [3.8, 4) is 0 Å². The Labute approximate surface area is 72.7 Å². The fourth-order valence-corrected chi connectivity index (χ4v) is 1.26. The van der Waals surface area contributed by atoms with Gasteiger partial charge in [0.25, 0.3) is 0 Å². The zero-order valence-corrected chi connectivity index (χ0v) is 7.43. The van der Waals surface area contributed by atoms with E-state index >= 15 is 0 Å². The van der Waals surface area contributed by atoms with Gasteiger partial charge in [0.2, 0.25) is 0 Å². The number of esters is 1. The van der Waals surface area contributed by atoms with Crippen molar-refractivity contribution in [3.05, 3.63) is 0 Å². The van der Waals surface area contributed by atoms with Crippen LogP contribution >= 0.6 is 0 Å². The minimum Gasteiger partial charge on any atom is -0.466 e. The van der Waals surface area contributed by atoms with E-state index in [2.05, 4.69) is 10.6 Å². The van der Waals surface area contributed by atoms with Gasteiger partial charge in [0, 0.05) is 32.6 Å². The first-order valence-electron chi connectivity index (χ1n) is 4.36. The molecule has 4 heteroatoms. The lowest BCUT2D eigenvalue weighted by molar-refractivity contribution is -0.141. The quantitative estimate of drug-likeness (QED) is 0.564. The summed E-state index contributed by atoms with van der Waals surface area (Å²) in [5.74, 6) is -0.196. The lowest BCUT2D eigenvalue weighted by Crippen LogP contribution is -2.48. The maximum Gasteiger partial charge on any atom is 0.302 e. The Morgan fingerprint density at radius 1 is 1.58 bits per heavy atom. The molecule has 12 heavy (non-hydrogen) atoms. The third kappa shape index (κ3) is 3.69. The normalized spacial score (nSPS) is 23.6. The molecule has 1 aliphatic heterocycles. The molecule has 0 bridgehead atoms. The van der Waals surface area contributed by atoms with Crippen LogP contribution in [0.1, 0.15) is 13.3 Å². The summed E-state index contributed by atoms with van der Waals surface area (Å²) in [6, 6.07) is 0.457. The summed E-state index contributed by atoms with van der Waals surface area (Å²) in [6.45, 7) is 4.97. The van der Waals surface area contributed by atoms with E-state index in [0.717, 1.165) is 26.1 Å². The first-order chi connectivity index (χ1) is 5.79. The summed E-state index contributed by atoms with van der Waals surface area (Å²) in [4.78, 5) is 10.4. The van der Waals surface area contributed by atoms with Gasteiger partial charge in [-0.05, 0) is 6.42 Å². The van der Waals surface area contributed by atoms with Gasteiger partial charge in [0.15, 0.2) is 0 Å². The van der Waals surface area contributed by atoms with Gasteiger partial charge >= 0.3 is 5.97 Å². The summed E-state index contributed by atoms with van der Waals surface area (Å²) in [7, 11) is 0. The summed E-state index contributed by atoms with van der Waals surface area (Å²) in [5.41, 5.74) is 0. The second-order valence-electron chi connectivity index (χ2n) is 2.98. The van der Waals surface area contributed by atoms with Crippen LogP contribution in [0.15, 0.2) is 0 Å². The number of nitrogens with one attached hydrogen (secondary N) is 2. The van der Waals surface area contributed by atoms with Crippen molar-refractivity contribution in [2.75, 3.05) is 26.2 Å². The Bertz CT molecular complexity index is 144. The molecule has 0 aromatic carbocycles.